The predicted octanol–water partition coefficient (Wildman–Crippen LogP) is 2.31. The third-order valence-corrected chi connectivity index (χ3v) is 6.28. The third-order valence-electron chi connectivity index (χ3n) is 5.30. The number of carbonyl (C=O) groups excluding carboxylic acids is 2. The quantitative estimate of drug-likeness (QED) is 0.744. The van der Waals surface area contributed by atoms with Gasteiger partial charge in [-0.05, 0) is 25.3 Å². The van der Waals surface area contributed by atoms with E-state index in [2.05, 4.69) is 19.9 Å². The van der Waals surface area contributed by atoms with Crippen molar-refractivity contribution in [1.29, 1.82) is 0 Å². The highest BCUT2D eigenvalue weighted by Gasteiger charge is 2.41. The summed E-state index contributed by atoms with van der Waals surface area (Å²) in [5.74, 6) is 0.307. The van der Waals surface area contributed by atoms with Gasteiger partial charge in [0.2, 0.25) is 0 Å². The van der Waals surface area contributed by atoms with Crippen LogP contribution in [0, 0.1) is 0 Å². The molecule has 1 saturated heterocycles. The zero-order chi connectivity index (χ0) is 19.0. The maximum absolute atomic E-state index is 12.5. The number of primary amides is 1. The van der Waals surface area contributed by atoms with E-state index in [-0.39, 0.29) is 10.8 Å². The Labute approximate surface area is 160 Å². The van der Waals surface area contributed by atoms with Crippen molar-refractivity contribution < 1.29 is 9.59 Å². The number of hydrogen-bond acceptors (Lipinski definition) is 7. The number of rotatable bonds is 4. The molecule has 138 valence electrons. The lowest BCUT2D eigenvalue weighted by Crippen LogP contribution is -2.47. The number of piperidine rings is 1. The number of aromatic nitrogens is 3. The van der Waals surface area contributed by atoms with Crippen LogP contribution in [0.15, 0.2) is 36.7 Å². The molecule has 1 aliphatic rings. The fourth-order valence-corrected chi connectivity index (χ4v) is 4.53. The second kappa shape index (κ2) is 6.70. The van der Waals surface area contributed by atoms with E-state index in [1.54, 1.807) is 6.92 Å². The van der Waals surface area contributed by atoms with Gasteiger partial charge in [-0.15, -0.1) is 0 Å². The van der Waals surface area contributed by atoms with E-state index in [0.717, 1.165) is 5.56 Å². The first kappa shape index (κ1) is 17.5. The van der Waals surface area contributed by atoms with E-state index in [0.29, 0.717) is 42.1 Å². The summed E-state index contributed by atoms with van der Waals surface area (Å²) in [6.07, 6.45) is 2.87. The number of nitrogens with two attached hydrogens (primary N) is 1. The average molecular weight is 381 g/mol. The number of benzene rings is 1. The van der Waals surface area contributed by atoms with E-state index >= 15 is 0 Å². The van der Waals surface area contributed by atoms with Gasteiger partial charge in [-0.3, -0.25) is 9.59 Å². The van der Waals surface area contributed by atoms with Crippen LogP contribution in [0.4, 0.5) is 5.82 Å². The van der Waals surface area contributed by atoms with E-state index in [1.165, 1.54) is 17.7 Å². The molecule has 8 heteroatoms. The van der Waals surface area contributed by atoms with Crippen molar-refractivity contribution in [1.82, 2.24) is 15.0 Å². The van der Waals surface area contributed by atoms with Gasteiger partial charge < -0.3 is 10.6 Å². The Morgan fingerprint density at radius 3 is 2.48 bits per heavy atom. The van der Waals surface area contributed by atoms with Crippen molar-refractivity contribution in [3.05, 3.63) is 47.2 Å². The molecular formula is C19H19N5O2S. The monoisotopic (exact) mass is 381 g/mol. The molecule has 3 aromatic rings. The summed E-state index contributed by atoms with van der Waals surface area (Å²) in [4.78, 5) is 39.7. The van der Waals surface area contributed by atoms with E-state index in [1.807, 2.05) is 30.3 Å². The zero-order valence-electron chi connectivity index (χ0n) is 14.9. The van der Waals surface area contributed by atoms with Gasteiger partial charge in [0, 0.05) is 13.1 Å². The fourth-order valence-electron chi connectivity index (χ4n) is 3.78. The molecule has 0 bridgehead atoms. The summed E-state index contributed by atoms with van der Waals surface area (Å²) >= 11 is 1.17. The van der Waals surface area contributed by atoms with E-state index in [9.17, 15) is 9.59 Å². The lowest BCUT2D eigenvalue weighted by Gasteiger charge is -2.41. The topological polar surface area (TPSA) is 102 Å². The second-order valence-electron chi connectivity index (χ2n) is 6.73. The number of Topliss-reactive ketones (excluding diaryl/α,β-unsaturated/α-hetero) is 1. The van der Waals surface area contributed by atoms with Crippen LogP contribution >= 0.6 is 11.3 Å². The van der Waals surface area contributed by atoms with Crippen molar-refractivity contribution in [2.45, 2.75) is 25.2 Å². The minimum absolute atomic E-state index is 0.186. The van der Waals surface area contributed by atoms with Crippen LogP contribution in [0.3, 0.4) is 0 Å². The Bertz CT molecular complexity index is 1010. The maximum Gasteiger partial charge on any atom is 0.277 e. The van der Waals surface area contributed by atoms with Gasteiger partial charge in [0.1, 0.15) is 22.5 Å². The maximum atomic E-state index is 12.5. The third kappa shape index (κ3) is 2.95. The molecule has 3 heterocycles. The molecule has 7 nitrogen and oxygen atoms in total. The summed E-state index contributed by atoms with van der Waals surface area (Å²) < 4.78 is 0. The van der Waals surface area contributed by atoms with Gasteiger partial charge in [0.25, 0.3) is 5.91 Å². The smallest absolute Gasteiger partial charge is 0.277 e. The molecule has 1 amide bonds. The minimum Gasteiger partial charge on any atom is -0.364 e. The summed E-state index contributed by atoms with van der Waals surface area (Å²) in [6.45, 7) is 3.01. The van der Waals surface area contributed by atoms with Gasteiger partial charge in [-0.2, -0.15) is 0 Å². The Kier molecular flexibility index (Phi) is 4.35. The Morgan fingerprint density at radius 1 is 1.15 bits per heavy atom. The van der Waals surface area contributed by atoms with Crippen molar-refractivity contribution >= 4 is 39.2 Å². The van der Waals surface area contributed by atoms with Crippen LogP contribution in [0.2, 0.25) is 0 Å². The van der Waals surface area contributed by atoms with Crippen LogP contribution in [-0.2, 0) is 10.2 Å². The van der Waals surface area contributed by atoms with Crippen molar-refractivity contribution in [2.75, 3.05) is 18.0 Å². The lowest BCUT2D eigenvalue weighted by molar-refractivity contribution is -0.123. The first-order chi connectivity index (χ1) is 13.0. The molecule has 0 unspecified atom stereocenters. The Hall–Kier alpha value is -2.87. The van der Waals surface area contributed by atoms with Crippen molar-refractivity contribution in [3.63, 3.8) is 0 Å². The van der Waals surface area contributed by atoms with Gasteiger partial charge in [-0.25, -0.2) is 15.0 Å². The molecule has 0 atom stereocenters. The van der Waals surface area contributed by atoms with Gasteiger partial charge in [-0.1, -0.05) is 41.7 Å². The van der Waals surface area contributed by atoms with Crippen molar-refractivity contribution in [3.8, 4) is 0 Å². The summed E-state index contributed by atoms with van der Waals surface area (Å²) in [6, 6.07) is 9.96. The predicted molar refractivity (Wildman–Crippen MR) is 104 cm³/mol. The van der Waals surface area contributed by atoms with E-state index in [4.69, 9.17) is 5.73 Å². The molecule has 0 radical (unpaired) electrons. The number of ketones is 1. The summed E-state index contributed by atoms with van der Waals surface area (Å²) in [7, 11) is 0. The second-order valence-corrected chi connectivity index (χ2v) is 7.70. The first-order valence-corrected chi connectivity index (χ1v) is 9.56. The number of amides is 1. The number of fused-ring (bicyclic) bond motifs is 1. The molecule has 2 aromatic heterocycles. The Balaban J connectivity index is 1.65. The fraction of sp³-hybridized carbons (Fsp3) is 0.316. The molecule has 0 saturated carbocycles. The van der Waals surface area contributed by atoms with Crippen molar-refractivity contribution in [2.24, 2.45) is 5.73 Å². The number of thiazole rings is 1. The zero-order valence-corrected chi connectivity index (χ0v) is 15.7. The Morgan fingerprint density at radius 2 is 1.85 bits per heavy atom. The van der Waals surface area contributed by atoms with Gasteiger partial charge >= 0.3 is 0 Å². The molecule has 0 spiro atoms. The lowest BCUT2D eigenvalue weighted by atomic mass is 9.70. The van der Waals surface area contributed by atoms with Gasteiger partial charge in [0.05, 0.1) is 5.41 Å². The first-order valence-electron chi connectivity index (χ1n) is 8.74. The highest BCUT2D eigenvalue weighted by Crippen LogP contribution is 2.38. The molecular weight excluding hydrogens is 362 g/mol. The van der Waals surface area contributed by atoms with Gasteiger partial charge in [0.15, 0.2) is 10.8 Å². The molecule has 0 aliphatic carbocycles. The highest BCUT2D eigenvalue weighted by atomic mass is 32.1. The SMILES string of the molecule is CC(=O)C1(c2ccccc2)CCN(c2ncnc3sc(C(N)=O)nc23)CC1. The summed E-state index contributed by atoms with van der Waals surface area (Å²) in [5, 5.41) is 0.228. The highest BCUT2D eigenvalue weighted by molar-refractivity contribution is 7.19. The number of anilines is 1. The largest absolute Gasteiger partial charge is 0.364 e. The number of carbonyl (C=O) groups is 2. The molecule has 27 heavy (non-hydrogen) atoms. The molecule has 1 aliphatic heterocycles. The molecule has 4 rings (SSSR count). The van der Waals surface area contributed by atoms with Crippen LogP contribution in [0.1, 0.15) is 35.1 Å². The number of hydrogen-bond donors (Lipinski definition) is 1. The average Bonchev–Trinajstić information content (AvgIpc) is 3.13. The van der Waals surface area contributed by atoms with Crippen LogP contribution in [0.25, 0.3) is 10.3 Å². The van der Waals surface area contributed by atoms with Crippen LogP contribution < -0.4 is 10.6 Å². The standard InChI is InChI=1S/C19H19N5O2S/c1-12(25)19(13-5-3-2-4-6-13)7-9-24(10-8-19)16-14-17(22-11-21-16)27-18(23-14)15(20)26/h2-6,11H,7-10H2,1H3,(H2,20,26). The molecule has 1 fully saturated rings. The summed E-state index contributed by atoms with van der Waals surface area (Å²) in [5.41, 5.74) is 6.53. The minimum atomic E-state index is -0.567. The molecule has 1 aromatic carbocycles. The van der Waals surface area contributed by atoms with Crippen LogP contribution in [-0.4, -0.2) is 39.7 Å². The normalized spacial score (nSPS) is 16.4. The molecule has 2 N–H and O–H groups in total. The van der Waals surface area contributed by atoms with E-state index < -0.39 is 11.3 Å². The van der Waals surface area contributed by atoms with Crippen LogP contribution in [0.5, 0.6) is 0 Å². The number of nitrogens with zero attached hydrogens (tertiary/aromatic N) is 4.